The second-order valence-corrected chi connectivity index (χ2v) is 8.71. The highest BCUT2D eigenvalue weighted by molar-refractivity contribution is 6.30. The van der Waals surface area contributed by atoms with Gasteiger partial charge < -0.3 is 23.8 Å². The maximum absolute atomic E-state index is 14.0. The van der Waals surface area contributed by atoms with E-state index in [1.165, 1.54) is 12.0 Å². The Morgan fingerprint density at radius 2 is 1.33 bits per heavy atom. The molecule has 39 heavy (non-hydrogen) atoms. The predicted molar refractivity (Wildman–Crippen MR) is 145 cm³/mol. The van der Waals surface area contributed by atoms with Crippen molar-refractivity contribution < 1.29 is 33.3 Å². The molecule has 198 valence electrons. The number of rotatable bonds is 6. The third-order valence-electron chi connectivity index (χ3n) is 6.71. The lowest BCUT2D eigenvalue weighted by molar-refractivity contribution is -0.141. The van der Waals surface area contributed by atoms with Crippen LogP contribution in [-0.4, -0.2) is 52.5 Å². The second-order valence-electron chi connectivity index (χ2n) is 8.71. The summed E-state index contributed by atoms with van der Waals surface area (Å²) in [4.78, 5) is 43.5. The fourth-order valence-electron chi connectivity index (χ4n) is 4.91. The Balaban J connectivity index is 1.81. The molecule has 2 heterocycles. The minimum Gasteiger partial charge on any atom is -0.497 e. The summed E-state index contributed by atoms with van der Waals surface area (Å²) in [6.45, 7) is 0. The van der Waals surface area contributed by atoms with Crippen molar-refractivity contribution >= 4 is 40.9 Å². The van der Waals surface area contributed by atoms with Gasteiger partial charge in [-0.3, -0.25) is 9.69 Å². The number of anilines is 2. The summed E-state index contributed by atoms with van der Waals surface area (Å²) in [5.41, 5.74) is 2.87. The van der Waals surface area contributed by atoms with Crippen LogP contribution in [0.1, 0.15) is 11.1 Å². The van der Waals surface area contributed by atoms with Crippen molar-refractivity contribution in [3.05, 3.63) is 95.2 Å². The van der Waals surface area contributed by atoms with Crippen LogP contribution in [0.15, 0.2) is 84.1 Å². The van der Waals surface area contributed by atoms with Gasteiger partial charge in [-0.25, -0.2) is 9.59 Å². The molecular formula is C30H26N2O7. The molecule has 3 aromatic rings. The van der Waals surface area contributed by atoms with E-state index in [-0.39, 0.29) is 5.70 Å². The number of fused-ring (bicyclic) bond motifs is 3. The monoisotopic (exact) mass is 526 g/mol. The van der Waals surface area contributed by atoms with Gasteiger partial charge in [-0.2, -0.15) is 0 Å². The smallest absolute Gasteiger partial charge is 0.355 e. The average Bonchev–Trinajstić information content (AvgIpc) is 3.30. The molecule has 2 aliphatic heterocycles. The van der Waals surface area contributed by atoms with Gasteiger partial charge in [0, 0.05) is 16.8 Å². The highest BCUT2D eigenvalue weighted by atomic mass is 16.5. The lowest BCUT2D eigenvalue weighted by Gasteiger charge is -2.42. The first kappa shape index (κ1) is 25.6. The van der Waals surface area contributed by atoms with Crippen molar-refractivity contribution in [1.82, 2.24) is 0 Å². The number of benzene rings is 3. The zero-order chi connectivity index (χ0) is 27.7. The van der Waals surface area contributed by atoms with Gasteiger partial charge in [-0.05, 0) is 54.1 Å². The summed E-state index contributed by atoms with van der Waals surface area (Å²) in [7, 11) is 5.51. The number of ether oxygens (including phenoxy) is 4. The Morgan fingerprint density at radius 1 is 0.744 bits per heavy atom. The first-order chi connectivity index (χ1) is 18.9. The lowest BCUT2D eigenvalue weighted by atomic mass is 9.99. The zero-order valence-corrected chi connectivity index (χ0v) is 21.8. The molecule has 2 aliphatic rings. The molecule has 0 bridgehead atoms. The van der Waals surface area contributed by atoms with Crippen LogP contribution >= 0.6 is 0 Å². The van der Waals surface area contributed by atoms with E-state index >= 15 is 0 Å². The van der Waals surface area contributed by atoms with E-state index < -0.39 is 29.6 Å². The molecule has 1 amide bonds. The first-order valence-electron chi connectivity index (χ1n) is 12.1. The summed E-state index contributed by atoms with van der Waals surface area (Å²) in [6.07, 6.45) is 1.14. The first-order valence-corrected chi connectivity index (χ1v) is 12.1. The third-order valence-corrected chi connectivity index (χ3v) is 6.71. The van der Waals surface area contributed by atoms with Gasteiger partial charge in [0.25, 0.3) is 5.91 Å². The van der Waals surface area contributed by atoms with Crippen molar-refractivity contribution in [3.8, 4) is 11.5 Å². The zero-order valence-electron chi connectivity index (χ0n) is 21.8. The lowest BCUT2D eigenvalue weighted by Crippen LogP contribution is -2.56. The van der Waals surface area contributed by atoms with E-state index in [2.05, 4.69) is 0 Å². The minimum absolute atomic E-state index is 0.214. The molecule has 5 rings (SSSR count). The Hall–Kier alpha value is -5.05. The largest absolute Gasteiger partial charge is 0.497 e. The summed E-state index contributed by atoms with van der Waals surface area (Å²) >= 11 is 0. The van der Waals surface area contributed by atoms with E-state index in [0.717, 1.165) is 23.8 Å². The molecule has 0 fully saturated rings. The SMILES string of the molecule is COC(=O)C1=C(C(=O)OC)N(c2ccc(OC)cc2)C2/C(=C/c3ccc(OC)cc3)c3ccccc3N2C1=O. The van der Waals surface area contributed by atoms with Gasteiger partial charge in [0.15, 0.2) is 5.57 Å². The molecule has 0 aliphatic carbocycles. The molecule has 0 spiro atoms. The van der Waals surface area contributed by atoms with E-state index in [0.29, 0.717) is 22.9 Å². The van der Waals surface area contributed by atoms with Crippen molar-refractivity contribution in [2.24, 2.45) is 0 Å². The van der Waals surface area contributed by atoms with Crippen molar-refractivity contribution in [3.63, 3.8) is 0 Å². The number of para-hydroxylation sites is 1. The fourth-order valence-corrected chi connectivity index (χ4v) is 4.91. The Kier molecular flexibility index (Phi) is 6.81. The van der Waals surface area contributed by atoms with Gasteiger partial charge in [0.2, 0.25) is 0 Å². The van der Waals surface area contributed by atoms with E-state index in [1.54, 1.807) is 49.5 Å². The van der Waals surface area contributed by atoms with Crippen molar-refractivity contribution in [1.29, 1.82) is 0 Å². The molecule has 0 radical (unpaired) electrons. The number of amides is 1. The van der Waals surface area contributed by atoms with E-state index in [1.807, 2.05) is 48.5 Å². The molecule has 0 saturated carbocycles. The Bertz CT molecular complexity index is 1510. The molecule has 1 atom stereocenters. The van der Waals surface area contributed by atoms with E-state index in [4.69, 9.17) is 18.9 Å². The molecule has 0 N–H and O–H groups in total. The Morgan fingerprint density at radius 3 is 1.92 bits per heavy atom. The number of methoxy groups -OCH3 is 4. The summed E-state index contributed by atoms with van der Waals surface area (Å²) in [5.74, 6) is -1.15. The van der Waals surface area contributed by atoms with Gasteiger partial charge in [0.05, 0.1) is 34.1 Å². The van der Waals surface area contributed by atoms with Crippen LogP contribution in [0.25, 0.3) is 11.6 Å². The predicted octanol–water partition coefficient (Wildman–Crippen LogP) is 4.04. The number of esters is 2. The number of carbonyl (C=O) groups excluding carboxylic acids is 3. The summed E-state index contributed by atoms with van der Waals surface area (Å²) in [5, 5.41) is 0. The van der Waals surface area contributed by atoms with Crippen LogP contribution in [-0.2, 0) is 23.9 Å². The summed E-state index contributed by atoms with van der Waals surface area (Å²) in [6, 6.07) is 21.8. The third kappa shape index (κ3) is 4.27. The van der Waals surface area contributed by atoms with E-state index in [9.17, 15) is 14.4 Å². The van der Waals surface area contributed by atoms with Crippen LogP contribution in [0.5, 0.6) is 11.5 Å². The molecule has 1 unspecified atom stereocenters. The maximum atomic E-state index is 14.0. The van der Waals surface area contributed by atoms with Crippen LogP contribution in [0.2, 0.25) is 0 Å². The van der Waals surface area contributed by atoms with Gasteiger partial charge in [-0.15, -0.1) is 0 Å². The molecule has 9 heteroatoms. The molecule has 9 nitrogen and oxygen atoms in total. The number of hydrogen-bond acceptors (Lipinski definition) is 8. The van der Waals surface area contributed by atoms with Gasteiger partial charge in [-0.1, -0.05) is 30.3 Å². The van der Waals surface area contributed by atoms with Gasteiger partial charge >= 0.3 is 11.9 Å². The normalized spacial score (nSPS) is 17.1. The molecule has 3 aromatic carbocycles. The Labute approximate surface area is 225 Å². The number of nitrogens with zero attached hydrogens (tertiary/aromatic N) is 2. The highest BCUT2D eigenvalue weighted by Crippen LogP contribution is 2.48. The topological polar surface area (TPSA) is 94.6 Å². The maximum Gasteiger partial charge on any atom is 0.355 e. The highest BCUT2D eigenvalue weighted by Gasteiger charge is 2.52. The second kappa shape index (κ2) is 10.4. The van der Waals surface area contributed by atoms with Crippen LogP contribution in [0, 0.1) is 0 Å². The molecular weight excluding hydrogens is 500 g/mol. The van der Waals surface area contributed by atoms with Gasteiger partial charge in [0.1, 0.15) is 23.4 Å². The number of carbonyl (C=O) groups is 3. The van der Waals surface area contributed by atoms with Crippen molar-refractivity contribution in [2.75, 3.05) is 38.2 Å². The fraction of sp³-hybridized carbons (Fsp3) is 0.167. The minimum atomic E-state index is -0.942. The van der Waals surface area contributed by atoms with Crippen LogP contribution < -0.4 is 19.3 Å². The standard InChI is InChI=1S/C30H26N2O7/c1-36-20-13-9-18(10-14-20)17-23-22-7-5-6-8-24(22)32-27(23)31(19-11-15-21(37-2)16-12-19)26(30(35)39-4)25(28(32)33)29(34)38-3/h5-17,27H,1-4H3/b23-17+. The average molecular weight is 527 g/mol. The summed E-state index contributed by atoms with van der Waals surface area (Å²) < 4.78 is 20.7. The van der Waals surface area contributed by atoms with Crippen LogP contribution in [0.4, 0.5) is 11.4 Å². The van der Waals surface area contributed by atoms with Crippen LogP contribution in [0.3, 0.4) is 0 Å². The quantitative estimate of drug-likeness (QED) is 0.351. The molecule has 0 aromatic heterocycles. The van der Waals surface area contributed by atoms with Crippen molar-refractivity contribution in [2.45, 2.75) is 6.17 Å². The molecule has 0 saturated heterocycles. The number of hydrogen-bond donors (Lipinski definition) is 0.